The smallest absolute Gasteiger partial charge is 0.435 e. The number of ether oxygens (including phenoxy) is 1. The van der Waals surface area contributed by atoms with Gasteiger partial charge in [-0.1, -0.05) is 11.6 Å². The number of hydrogen-bond acceptors (Lipinski definition) is 6. The Bertz CT molecular complexity index is 1060. The van der Waals surface area contributed by atoms with Gasteiger partial charge in [-0.3, -0.25) is 4.79 Å². The molecule has 2 fully saturated rings. The zero-order chi connectivity index (χ0) is 23.6. The van der Waals surface area contributed by atoms with Gasteiger partial charge in [0.1, 0.15) is 11.8 Å². The van der Waals surface area contributed by atoms with Crippen LogP contribution in [0.1, 0.15) is 36.9 Å². The van der Waals surface area contributed by atoms with E-state index < -0.39 is 17.5 Å². The number of aromatic nitrogens is 2. The van der Waals surface area contributed by atoms with Gasteiger partial charge in [0.05, 0.1) is 10.6 Å². The summed E-state index contributed by atoms with van der Waals surface area (Å²) in [7, 11) is 0. The Labute approximate surface area is 193 Å². The topological polar surface area (TPSA) is 82.4 Å². The van der Waals surface area contributed by atoms with Crippen molar-refractivity contribution in [3.8, 4) is 11.8 Å². The third-order valence-electron chi connectivity index (χ3n) is 6.01. The summed E-state index contributed by atoms with van der Waals surface area (Å²) >= 11 is 6.12. The minimum absolute atomic E-state index is 0.112. The molecular weight excluding hydrogens is 459 g/mol. The molecule has 33 heavy (non-hydrogen) atoms. The summed E-state index contributed by atoms with van der Waals surface area (Å²) in [5, 5.41) is 16.3. The lowest BCUT2D eigenvalue weighted by molar-refractivity contribution is -0.148. The van der Waals surface area contributed by atoms with Crippen LogP contribution in [0.3, 0.4) is 0 Å². The predicted molar refractivity (Wildman–Crippen MR) is 114 cm³/mol. The molecule has 1 aliphatic heterocycles. The first-order chi connectivity index (χ1) is 15.7. The molecule has 1 aromatic carbocycles. The summed E-state index contributed by atoms with van der Waals surface area (Å²) < 4.78 is 44.3. The zero-order valence-electron chi connectivity index (χ0n) is 17.6. The average Bonchev–Trinajstić information content (AvgIpc) is 3.28. The molecule has 0 spiro atoms. The molecule has 1 saturated carbocycles. The first-order valence-corrected chi connectivity index (χ1v) is 10.9. The fraction of sp³-hybridized carbons (Fsp3) is 0.455. The molecule has 4 rings (SSSR count). The molecular formula is C22H21ClF3N5O2. The van der Waals surface area contributed by atoms with Gasteiger partial charge in [0.2, 0.25) is 0 Å². The van der Waals surface area contributed by atoms with Gasteiger partial charge in [0, 0.05) is 32.2 Å². The number of hydrogen-bond donors (Lipinski definition) is 0. The third kappa shape index (κ3) is 4.83. The summed E-state index contributed by atoms with van der Waals surface area (Å²) in [6, 6.07) is 8.95. The molecule has 2 aliphatic rings. The molecule has 1 saturated heterocycles. The highest BCUT2D eigenvalue weighted by Gasteiger charge is 2.46. The van der Waals surface area contributed by atoms with Gasteiger partial charge < -0.3 is 14.5 Å². The third-order valence-corrected chi connectivity index (χ3v) is 6.32. The van der Waals surface area contributed by atoms with Crippen LogP contribution in [0.25, 0.3) is 0 Å². The van der Waals surface area contributed by atoms with Crippen LogP contribution >= 0.6 is 11.6 Å². The normalized spacial score (nSPS) is 18.2. The number of alkyl halides is 3. The maximum absolute atomic E-state index is 13.5. The van der Waals surface area contributed by atoms with Crippen molar-refractivity contribution in [1.82, 2.24) is 15.1 Å². The Morgan fingerprint density at radius 1 is 1.09 bits per heavy atom. The second kappa shape index (κ2) is 9.06. The SMILES string of the molecule is N#Cc1ccc(OC2(C(=O)N3CCN(c4ccc(C(F)(F)F)nn4)CC3)CCCC2)cc1Cl. The molecule has 174 valence electrons. The number of halogens is 4. The number of anilines is 1. The molecule has 1 aromatic heterocycles. The largest absolute Gasteiger partial charge is 0.477 e. The lowest BCUT2D eigenvalue weighted by Gasteiger charge is -2.40. The Morgan fingerprint density at radius 2 is 1.79 bits per heavy atom. The number of carbonyl (C=O) groups is 1. The lowest BCUT2D eigenvalue weighted by atomic mass is 9.99. The van der Waals surface area contributed by atoms with Crippen LogP contribution in [0.15, 0.2) is 30.3 Å². The van der Waals surface area contributed by atoms with Crippen LogP contribution in [0.5, 0.6) is 5.75 Å². The summed E-state index contributed by atoms with van der Waals surface area (Å²) in [6.07, 6.45) is -1.67. The number of benzene rings is 1. The highest BCUT2D eigenvalue weighted by Crippen LogP contribution is 2.37. The van der Waals surface area contributed by atoms with Crippen molar-refractivity contribution < 1.29 is 22.7 Å². The van der Waals surface area contributed by atoms with E-state index in [1.54, 1.807) is 28.0 Å². The quantitative estimate of drug-likeness (QED) is 0.657. The number of nitriles is 1. The molecule has 1 amide bonds. The van der Waals surface area contributed by atoms with E-state index in [-0.39, 0.29) is 10.9 Å². The molecule has 0 unspecified atom stereocenters. The Hall–Kier alpha value is -3.06. The molecule has 11 heteroatoms. The summed E-state index contributed by atoms with van der Waals surface area (Å²) in [5.74, 6) is 0.667. The van der Waals surface area contributed by atoms with Crippen LogP contribution in [0, 0.1) is 11.3 Å². The molecule has 0 bridgehead atoms. The fourth-order valence-electron chi connectivity index (χ4n) is 4.25. The number of amides is 1. The van der Waals surface area contributed by atoms with E-state index in [1.807, 2.05) is 6.07 Å². The summed E-state index contributed by atoms with van der Waals surface area (Å²) in [5.41, 5.74) is -1.70. The second-order valence-corrected chi connectivity index (χ2v) is 8.52. The molecule has 1 aliphatic carbocycles. The molecule has 0 radical (unpaired) electrons. The van der Waals surface area contributed by atoms with Crippen molar-refractivity contribution in [1.29, 1.82) is 5.26 Å². The Morgan fingerprint density at radius 3 is 2.33 bits per heavy atom. The maximum atomic E-state index is 13.5. The van der Waals surface area contributed by atoms with Crippen molar-refractivity contribution in [3.63, 3.8) is 0 Å². The Kier molecular flexibility index (Phi) is 6.34. The van der Waals surface area contributed by atoms with Gasteiger partial charge >= 0.3 is 6.18 Å². The monoisotopic (exact) mass is 479 g/mol. The zero-order valence-corrected chi connectivity index (χ0v) is 18.4. The van der Waals surface area contributed by atoms with Gasteiger partial charge in [-0.05, 0) is 49.9 Å². The highest BCUT2D eigenvalue weighted by atomic mass is 35.5. The summed E-state index contributed by atoms with van der Waals surface area (Å²) in [6.45, 7) is 1.62. The van der Waals surface area contributed by atoms with E-state index in [1.165, 1.54) is 6.07 Å². The highest BCUT2D eigenvalue weighted by molar-refractivity contribution is 6.31. The van der Waals surface area contributed by atoms with Crippen molar-refractivity contribution in [2.75, 3.05) is 31.1 Å². The standard InChI is InChI=1S/C22H21ClF3N5O2/c23-17-13-16(4-3-15(17)14-27)33-21(7-1-2-8-21)20(32)31-11-9-30(10-12-31)19-6-5-18(28-29-19)22(24,25)26/h3-6,13H,1-2,7-12H2. The number of rotatable bonds is 4. The van der Waals surface area contributed by atoms with E-state index in [0.717, 1.165) is 18.9 Å². The molecule has 0 N–H and O–H groups in total. The minimum Gasteiger partial charge on any atom is -0.477 e. The van der Waals surface area contributed by atoms with E-state index in [9.17, 15) is 18.0 Å². The first kappa shape index (κ1) is 23.1. The molecule has 0 atom stereocenters. The number of nitrogens with zero attached hydrogens (tertiary/aromatic N) is 5. The molecule has 7 nitrogen and oxygen atoms in total. The first-order valence-electron chi connectivity index (χ1n) is 10.6. The van der Waals surface area contributed by atoms with E-state index in [0.29, 0.717) is 56.2 Å². The van der Waals surface area contributed by atoms with Gasteiger partial charge in [-0.15, -0.1) is 10.2 Å². The average molecular weight is 480 g/mol. The maximum Gasteiger partial charge on any atom is 0.435 e. The van der Waals surface area contributed by atoms with E-state index >= 15 is 0 Å². The fourth-order valence-corrected chi connectivity index (χ4v) is 4.47. The van der Waals surface area contributed by atoms with Crippen LogP contribution in [-0.4, -0.2) is 52.8 Å². The van der Waals surface area contributed by atoms with Gasteiger partial charge in [-0.25, -0.2) is 0 Å². The second-order valence-electron chi connectivity index (χ2n) is 8.11. The van der Waals surface area contributed by atoms with Crippen molar-refractivity contribution in [2.24, 2.45) is 0 Å². The van der Waals surface area contributed by atoms with Crippen molar-refractivity contribution in [2.45, 2.75) is 37.5 Å². The van der Waals surface area contributed by atoms with Crippen LogP contribution in [-0.2, 0) is 11.0 Å². The van der Waals surface area contributed by atoms with E-state index in [4.69, 9.17) is 21.6 Å². The molecule has 2 heterocycles. The van der Waals surface area contributed by atoms with Crippen molar-refractivity contribution >= 4 is 23.3 Å². The van der Waals surface area contributed by atoms with Crippen LogP contribution < -0.4 is 9.64 Å². The van der Waals surface area contributed by atoms with E-state index in [2.05, 4.69) is 10.2 Å². The van der Waals surface area contributed by atoms with Crippen LogP contribution in [0.2, 0.25) is 5.02 Å². The molecule has 2 aromatic rings. The minimum atomic E-state index is -4.54. The van der Waals surface area contributed by atoms with Gasteiger partial charge in [-0.2, -0.15) is 18.4 Å². The van der Waals surface area contributed by atoms with Crippen molar-refractivity contribution in [3.05, 3.63) is 46.6 Å². The van der Waals surface area contributed by atoms with Gasteiger partial charge in [0.15, 0.2) is 17.1 Å². The Balaban J connectivity index is 1.43. The summed E-state index contributed by atoms with van der Waals surface area (Å²) in [4.78, 5) is 17.0. The van der Waals surface area contributed by atoms with Gasteiger partial charge in [0.25, 0.3) is 5.91 Å². The number of piperazine rings is 1. The predicted octanol–water partition coefficient (Wildman–Crippen LogP) is 4.06. The lowest BCUT2D eigenvalue weighted by Crippen LogP contribution is -2.57. The van der Waals surface area contributed by atoms with Crippen LogP contribution in [0.4, 0.5) is 19.0 Å². The number of carbonyl (C=O) groups excluding carboxylic acids is 1.